The number of nitriles is 1. The minimum absolute atomic E-state index is 0.0440. The Kier molecular flexibility index (Phi) is 6.84. The molecule has 2 aromatic rings. The summed E-state index contributed by atoms with van der Waals surface area (Å²) in [4.78, 5) is 12.2. The standard InChI is InChI=1S/C19H20BrN3O2/c1-2-3-4-7-14-13(12-21)10-11-17(18(14)24)23-19(25)22-16-9-6-5-8-15(16)20/h5-6,8-11,24H,2-4,7H2,1H3,(H2,22,23,25). The number of carbonyl (C=O) groups excluding carboxylic acids is 1. The van der Waals surface area contributed by atoms with E-state index >= 15 is 0 Å². The average molecular weight is 402 g/mol. The maximum atomic E-state index is 12.2. The van der Waals surface area contributed by atoms with E-state index in [0.717, 1.165) is 23.7 Å². The summed E-state index contributed by atoms with van der Waals surface area (Å²) in [5, 5.41) is 25.0. The van der Waals surface area contributed by atoms with Crippen LogP contribution in [0, 0.1) is 11.3 Å². The lowest BCUT2D eigenvalue weighted by atomic mass is 10.00. The van der Waals surface area contributed by atoms with E-state index in [2.05, 4.69) is 39.6 Å². The lowest BCUT2D eigenvalue weighted by molar-refractivity contribution is 0.262. The number of rotatable bonds is 6. The number of hydrogen-bond donors (Lipinski definition) is 3. The first-order chi connectivity index (χ1) is 12.1. The van der Waals surface area contributed by atoms with E-state index in [9.17, 15) is 15.2 Å². The van der Waals surface area contributed by atoms with Gasteiger partial charge in [0.1, 0.15) is 5.75 Å². The first-order valence-corrected chi connectivity index (χ1v) is 8.93. The number of unbranched alkanes of at least 4 members (excludes halogenated alkanes) is 2. The van der Waals surface area contributed by atoms with Gasteiger partial charge in [-0.25, -0.2) is 4.79 Å². The highest BCUT2D eigenvalue weighted by atomic mass is 79.9. The molecule has 0 heterocycles. The Labute approximate surface area is 155 Å². The Morgan fingerprint density at radius 1 is 1.16 bits per heavy atom. The van der Waals surface area contributed by atoms with Crippen LogP contribution in [0.25, 0.3) is 0 Å². The summed E-state index contributed by atoms with van der Waals surface area (Å²) in [6.07, 6.45) is 3.55. The molecule has 0 bridgehead atoms. The summed E-state index contributed by atoms with van der Waals surface area (Å²) >= 11 is 3.36. The van der Waals surface area contributed by atoms with Crippen LogP contribution in [-0.4, -0.2) is 11.1 Å². The Hall–Kier alpha value is -2.52. The molecule has 2 amide bonds. The molecule has 0 aromatic heterocycles. The SMILES string of the molecule is CCCCCc1c(C#N)ccc(NC(=O)Nc2ccccc2Br)c1O. The van der Waals surface area contributed by atoms with E-state index in [0.29, 0.717) is 23.2 Å². The number of hydrogen-bond acceptors (Lipinski definition) is 3. The molecule has 0 aliphatic carbocycles. The second-order valence-corrected chi connectivity index (χ2v) is 6.47. The van der Waals surface area contributed by atoms with Crippen LogP contribution < -0.4 is 10.6 Å². The number of phenols is 1. The maximum absolute atomic E-state index is 12.2. The quantitative estimate of drug-likeness (QED) is 0.447. The fourth-order valence-corrected chi connectivity index (χ4v) is 2.87. The number of halogens is 1. The van der Waals surface area contributed by atoms with Crippen molar-refractivity contribution in [2.24, 2.45) is 0 Å². The zero-order chi connectivity index (χ0) is 18.2. The van der Waals surface area contributed by atoms with Crippen LogP contribution in [0.4, 0.5) is 16.2 Å². The Balaban J connectivity index is 2.16. The Morgan fingerprint density at radius 2 is 1.88 bits per heavy atom. The molecule has 0 saturated carbocycles. The molecular formula is C19H20BrN3O2. The van der Waals surface area contributed by atoms with Crippen LogP contribution >= 0.6 is 15.9 Å². The molecule has 2 aromatic carbocycles. The van der Waals surface area contributed by atoms with Crippen LogP contribution in [0.5, 0.6) is 5.75 Å². The molecule has 0 fully saturated rings. The van der Waals surface area contributed by atoms with Gasteiger partial charge in [-0.1, -0.05) is 31.9 Å². The first kappa shape index (κ1) is 18.8. The highest BCUT2D eigenvalue weighted by Crippen LogP contribution is 2.32. The van der Waals surface area contributed by atoms with Crippen molar-refractivity contribution < 1.29 is 9.90 Å². The van der Waals surface area contributed by atoms with Crippen molar-refractivity contribution in [1.29, 1.82) is 5.26 Å². The predicted molar refractivity (Wildman–Crippen MR) is 103 cm³/mol. The smallest absolute Gasteiger partial charge is 0.323 e. The van der Waals surface area contributed by atoms with Gasteiger partial charge in [-0.3, -0.25) is 0 Å². The van der Waals surface area contributed by atoms with Crippen LogP contribution in [0.2, 0.25) is 0 Å². The van der Waals surface area contributed by atoms with E-state index < -0.39 is 6.03 Å². The van der Waals surface area contributed by atoms with Gasteiger partial charge >= 0.3 is 6.03 Å². The predicted octanol–water partition coefficient (Wildman–Crippen LogP) is 5.40. The molecule has 0 atom stereocenters. The fourth-order valence-electron chi connectivity index (χ4n) is 2.49. The van der Waals surface area contributed by atoms with Crippen molar-refractivity contribution in [2.75, 3.05) is 10.6 Å². The molecule has 5 nitrogen and oxygen atoms in total. The second kappa shape index (κ2) is 9.09. The fraction of sp³-hybridized carbons (Fsp3) is 0.263. The van der Waals surface area contributed by atoms with Crippen molar-refractivity contribution in [2.45, 2.75) is 32.6 Å². The summed E-state index contributed by atoms with van der Waals surface area (Å²) < 4.78 is 0.759. The third-order valence-electron chi connectivity index (χ3n) is 3.80. The number of nitrogens with zero attached hydrogens (tertiary/aromatic N) is 1. The number of anilines is 2. The van der Waals surface area contributed by atoms with Crippen molar-refractivity contribution in [1.82, 2.24) is 0 Å². The zero-order valence-corrected chi connectivity index (χ0v) is 15.6. The van der Waals surface area contributed by atoms with Gasteiger partial charge in [0.2, 0.25) is 0 Å². The van der Waals surface area contributed by atoms with Crippen molar-refractivity contribution in [3.8, 4) is 11.8 Å². The number of nitrogens with one attached hydrogen (secondary N) is 2. The third kappa shape index (κ3) is 4.97. The third-order valence-corrected chi connectivity index (χ3v) is 4.50. The Morgan fingerprint density at radius 3 is 2.56 bits per heavy atom. The number of aromatic hydroxyl groups is 1. The summed E-state index contributed by atoms with van der Waals surface area (Å²) in [5.74, 6) is -0.0440. The summed E-state index contributed by atoms with van der Waals surface area (Å²) in [6.45, 7) is 2.09. The maximum Gasteiger partial charge on any atom is 0.323 e. The lowest BCUT2D eigenvalue weighted by Crippen LogP contribution is -2.20. The van der Waals surface area contributed by atoms with E-state index in [1.54, 1.807) is 12.1 Å². The molecule has 0 aliphatic rings. The molecule has 0 radical (unpaired) electrons. The van der Waals surface area contributed by atoms with Gasteiger partial charge in [0.05, 0.1) is 23.0 Å². The number of urea groups is 1. The van der Waals surface area contributed by atoms with E-state index in [4.69, 9.17) is 0 Å². The van der Waals surface area contributed by atoms with Crippen LogP contribution in [0.3, 0.4) is 0 Å². The Bertz CT molecular complexity index is 800. The molecule has 2 rings (SSSR count). The number of phenolic OH excluding ortho intramolecular Hbond substituents is 1. The van der Waals surface area contributed by atoms with Crippen LogP contribution in [0.15, 0.2) is 40.9 Å². The minimum atomic E-state index is -0.466. The zero-order valence-electron chi connectivity index (χ0n) is 14.0. The molecular weight excluding hydrogens is 382 g/mol. The monoisotopic (exact) mass is 401 g/mol. The molecule has 0 unspecified atom stereocenters. The number of amides is 2. The van der Waals surface area contributed by atoms with Gasteiger partial charge in [-0.05, 0) is 53.0 Å². The van der Waals surface area contributed by atoms with Crippen LogP contribution in [-0.2, 0) is 6.42 Å². The molecule has 3 N–H and O–H groups in total. The highest BCUT2D eigenvalue weighted by molar-refractivity contribution is 9.10. The summed E-state index contributed by atoms with van der Waals surface area (Å²) in [5.41, 5.74) is 1.92. The van der Waals surface area contributed by atoms with Gasteiger partial charge in [0, 0.05) is 10.0 Å². The van der Waals surface area contributed by atoms with Gasteiger partial charge in [-0.2, -0.15) is 5.26 Å². The van der Waals surface area contributed by atoms with E-state index in [-0.39, 0.29) is 11.4 Å². The molecule has 25 heavy (non-hydrogen) atoms. The molecule has 0 saturated heterocycles. The summed E-state index contributed by atoms with van der Waals surface area (Å²) in [7, 11) is 0. The molecule has 0 aliphatic heterocycles. The first-order valence-electron chi connectivity index (χ1n) is 8.14. The van der Waals surface area contributed by atoms with Gasteiger partial charge < -0.3 is 15.7 Å². The largest absolute Gasteiger partial charge is 0.505 e. The number of carbonyl (C=O) groups is 1. The second-order valence-electron chi connectivity index (χ2n) is 5.62. The highest BCUT2D eigenvalue weighted by Gasteiger charge is 2.14. The van der Waals surface area contributed by atoms with E-state index in [1.165, 1.54) is 6.07 Å². The lowest BCUT2D eigenvalue weighted by Gasteiger charge is -2.14. The average Bonchev–Trinajstić information content (AvgIpc) is 2.60. The van der Waals surface area contributed by atoms with Crippen molar-refractivity contribution in [3.05, 3.63) is 52.0 Å². The molecule has 0 spiro atoms. The van der Waals surface area contributed by atoms with Gasteiger partial charge in [0.25, 0.3) is 0 Å². The van der Waals surface area contributed by atoms with Gasteiger partial charge in [-0.15, -0.1) is 0 Å². The minimum Gasteiger partial charge on any atom is -0.505 e. The van der Waals surface area contributed by atoms with E-state index in [1.807, 2.05) is 18.2 Å². The topological polar surface area (TPSA) is 85.2 Å². The molecule has 130 valence electrons. The summed E-state index contributed by atoms with van der Waals surface area (Å²) in [6, 6.07) is 12.0. The normalized spacial score (nSPS) is 10.1. The van der Waals surface area contributed by atoms with Crippen molar-refractivity contribution >= 4 is 33.3 Å². The number of benzene rings is 2. The molecule has 6 heteroatoms. The number of para-hydroxylation sites is 1. The van der Waals surface area contributed by atoms with Crippen molar-refractivity contribution in [3.63, 3.8) is 0 Å². The van der Waals surface area contributed by atoms with Gasteiger partial charge in [0.15, 0.2) is 0 Å². The van der Waals surface area contributed by atoms with Crippen LogP contribution in [0.1, 0.15) is 37.3 Å².